The Bertz CT molecular complexity index is 940. The van der Waals surface area contributed by atoms with E-state index in [1.54, 1.807) is 25.1 Å². The molecule has 0 saturated carbocycles. The van der Waals surface area contributed by atoms with E-state index in [0.29, 0.717) is 19.9 Å². The van der Waals surface area contributed by atoms with Crippen molar-refractivity contribution in [2.75, 3.05) is 4.90 Å². The smallest absolute Gasteiger partial charge is 0.335 e. The fourth-order valence-electron chi connectivity index (χ4n) is 2.39. The summed E-state index contributed by atoms with van der Waals surface area (Å²) < 4.78 is 0.356. The summed E-state index contributed by atoms with van der Waals surface area (Å²) in [6.07, 6.45) is 1.69. The summed E-state index contributed by atoms with van der Waals surface area (Å²) in [4.78, 5) is 25.9. The van der Waals surface area contributed by atoms with Crippen LogP contribution in [0.4, 0.5) is 5.69 Å². The van der Waals surface area contributed by atoms with Gasteiger partial charge in [-0.1, -0.05) is 59.8 Å². The Balaban J connectivity index is 2.02. The summed E-state index contributed by atoms with van der Waals surface area (Å²) in [7, 11) is 0. The van der Waals surface area contributed by atoms with E-state index in [4.69, 9.17) is 23.8 Å². The molecule has 2 aromatic rings. The molecule has 1 amide bonds. The molecule has 126 valence electrons. The number of aromatic carboxylic acids is 1. The van der Waals surface area contributed by atoms with Gasteiger partial charge in [0.2, 0.25) is 0 Å². The lowest BCUT2D eigenvalue weighted by atomic mass is 10.1. The van der Waals surface area contributed by atoms with Crippen molar-refractivity contribution in [2.45, 2.75) is 6.92 Å². The van der Waals surface area contributed by atoms with Gasteiger partial charge in [-0.25, -0.2) is 4.79 Å². The third kappa shape index (κ3) is 3.46. The zero-order valence-electron chi connectivity index (χ0n) is 13.0. The van der Waals surface area contributed by atoms with Crippen molar-refractivity contribution in [3.63, 3.8) is 0 Å². The van der Waals surface area contributed by atoms with E-state index in [1.165, 1.54) is 28.8 Å². The fraction of sp³-hybridized carbons (Fsp3) is 0.0556. The molecule has 7 heteroatoms. The van der Waals surface area contributed by atoms with Crippen LogP contribution >= 0.6 is 35.6 Å². The second-order valence-corrected chi connectivity index (χ2v) is 7.43. The summed E-state index contributed by atoms with van der Waals surface area (Å²) in [6.45, 7) is 1.80. The molecule has 0 aliphatic carbocycles. The molecule has 3 rings (SSSR count). The Labute approximate surface area is 159 Å². The molecule has 2 aromatic carbocycles. The normalized spacial score (nSPS) is 15.9. The highest BCUT2D eigenvalue weighted by Gasteiger charge is 2.34. The number of hydrogen-bond acceptors (Lipinski definition) is 4. The Hall–Kier alpha value is -2.15. The molecule has 0 atom stereocenters. The number of carbonyl (C=O) groups is 2. The molecule has 1 saturated heterocycles. The first-order chi connectivity index (χ1) is 11.9. The monoisotopic (exact) mass is 389 g/mol. The second-order valence-electron chi connectivity index (χ2n) is 5.35. The van der Waals surface area contributed by atoms with E-state index in [2.05, 4.69) is 0 Å². The van der Waals surface area contributed by atoms with Crippen molar-refractivity contribution < 1.29 is 14.7 Å². The lowest BCUT2D eigenvalue weighted by Gasteiger charge is -2.17. The molecular formula is C18H12ClNO3S2. The number of benzene rings is 2. The van der Waals surface area contributed by atoms with Gasteiger partial charge >= 0.3 is 5.97 Å². The lowest BCUT2D eigenvalue weighted by Crippen LogP contribution is -2.28. The van der Waals surface area contributed by atoms with Crippen LogP contribution in [0.25, 0.3) is 6.08 Å². The molecular weight excluding hydrogens is 378 g/mol. The van der Waals surface area contributed by atoms with Crippen molar-refractivity contribution in [3.8, 4) is 0 Å². The molecule has 0 bridgehead atoms. The number of aryl methyl sites for hydroxylation is 1. The highest BCUT2D eigenvalue weighted by Crippen LogP contribution is 2.38. The maximum Gasteiger partial charge on any atom is 0.335 e. The number of amides is 1. The standard InChI is InChI=1S/C18H12ClNO3S2/c1-10-6-7-12(17(22)23)8-14(10)20-16(21)15(25-18(20)24)9-11-4-2-3-5-13(11)19/h2-9H,1H3,(H,22,23)/b15-9-. The number of hydrogen-bond donors (Lipinski definition) is 1. The maximum absolute atomic E-state index is 12.8. The predicted molar refractivity (Wildman–Crippen MR) is 105 cm³/mol. The van der Waals surface area contributed by atoms with Crippen LogP contribution in [0, 0.1) is 6.92 Å². The van der Waals surface area contributed by atoms with Gasteiger partial charge in [-0.2, -0.15) is 0 Å². The summed E-state index contributed by atoms with van der Waals surface area (Å²) in [5.74, 6) is -1.35. The molecule has 1 N–H and O–H groups in total. The van der Waals surface area contributed by atoms with Crippen molar-refractivity contribution in [2.24, 2.45) is 0 Å². The number of anilines is 1. The van der Waals surface area contributed by atoms with Gasteiger partial charge in [-0.15, -0.1) is 0 Å². The predicted octanol–water partition coefficient (Wildman–Crippen LogP) is 4.75. The quantitative estimate of drug-likeness (QED) is 0.606. The van der Waals surface area contributed by atoms with Crippen LogP contribution in [-0.2, 0) is 4.79 Å². The van der Waals surface area contributed by atoms with E-state index in [1.807, 2.05) is 18.2 Å². The number of carbonyl (C=O) groups excluding carboxylic acids is 1. The van der Waals surface area contributed by atoms with Crippen LogP contribution in [0.2, 0.25) is 5.02 Å². The summed E-state index contributed by atoms with van der Waals surface area (Å²) in [5.41, 5.74) is 2.07. The molecule has 1 heterocycles. The van der Waals surface area contributed by atoms with E-state index in [0.717, 1.165) is 11.1 Å². The zero-order valence-corrected chi connectivity index (χ0v) is 15.4. The van der Waals surface area contributed by atoms with Gasteiger partial charge in [0.25, 0.3) is 5.91 Å². The highest BCUT2D eigenvalue weighted by molar-refractivity contribution is 8.27. The lowest BCUT2D eigenvalue weighted by molar-refractivity contribution is -0.113. The highest BCUT2D eigenvalue weighted by atomic mass is 35.5. The Morgan fingerprint density at radius 3 is 2.68 bits per heavy atom. The molecule has 0 radical (unpaired) electrons. The Morgan fingerprint density at radius 1 is 1.28 bits per heavy atom. The first-order valence-corrected chi connectivity index (χ1v) is 8.85. The first-order valence-electron chi connectivity index (χ1n) is 7.25. The van der Waals surface area contributed by atoms with Crippen LogP contribution in [-0.4, -0.2) is 21.3 Å². The van der Waals surface area contributed by atoms with Crippen molar-refractivity contribution >= 4 is 63.5 Å². The van der Waals surface area contributed by atoms with Gasteiger partial charge in [0.15, 0.2) is 4.32 Å². The van der Waals surface area contributed by atoms with E-state index < -0.39 is 5.97 Å². The van der Waals surface area contributed by atoms with Crippen LogP contribution < -0.4 is 4.90 Å². The number of nitrogens with zero attached hydrogens (tertiary/aromatic N) is 1. The molecule has 1 aliphatic rings. The van der Waals surface area contributed by atoms with Gasteiger partial charge in [0.05, 0.1) is 16.2 Å². The molecule has 4 nitrogen and oxygen atoms in total. The second kappa shape index (κ2) is 7.00. The molecule has 25 heavy (non-hydrogen) atoms. The average Bonchev–Trinajstić information content (AvgIpc) is 2.84. The molecule has 0 aromatic heterocycles. The van der Waals surface area contributed by atoms with Crippen LogP contribution in [0.5, 0.6) is 0 Å². The average molecular weight is 390 g/mol. The number of thioether (sulfide) groups is 1. The SMILES string of the molecule is Cc1ccc(C(=O)O)cc1N1C(=O)/C(=C/c2ccccc2Cl)SC1=S. The van der Waals surface area contributed by atoms with E-state index in [-0.39, 0.29) is 11.5 Å². The number of carboxylic acid groups (broad SMARTS) is 1. The molecule has 1 fully saturated rings. The summed E-state index contributed by atoms with van der Waals surface area (Å²) in [6, 6.07) is 11.8. The van der Waals surface area contributed by atoms with Crippen LogP contribution in [0.1, 0.15) is 21.5 Å². The Kier molecular flexibility index (Phi) is 4.94. The molecule has 0 spiro atoms. The van der Waals surface area contributed by atoms with Crippen LogP contribution in [0.3, 0.4) is 0 Å². The number of carboxylic acids is 1. The van der Waals surface area contributed by atoms with Gasteiger partial charge in [0, 0.05) is 5.02 Å². The van der Waals surface area contributed by atoms with Gasteiger partial charge in [-0.05, 0) is 42.3 Å². The minimum Gasteiger partial charge on any atom is -0.478 e. The largest absolute Gasteiger partial charge is 0.478 e. The first kappa shape index (κ1) is 17.7. The van der Waals surface area contributed by atoms with E-state index >= 15 is 0 Å². The minimum absolute atomic E-state index is 0.102. The van der Waals surface area contributed by atoms with Crippen molar-refractivity contribution in [1.29, 1.82) is 0 Å². The van der Waals surface area contributed by atoms with Crippen molar-refractivity contribution in [3.05, 3.63) is 69.1 Å². The number of thiocarbonyl (C=S) groups is 1. The maximum atomic E-state index is 12.8. The van der Waals surface area contributed by atoms with E-state index in [9.17, 15) is 14.7 Å². The Morgan fingerprint density at radius 2 is 2.00 bits per heavy atom. The van der Waals surface area contributed by atoms with Crippen molar-refractivity contribution in [1.82, 2.24) is 0 Å². The van der Waals surface area contributed by atoms with Crippen LogP contribution in [0.15, 0.2) is 47.4 Å². The van der Waals surface area contributed by atoms with Gasteiger partial charge < -0.3 is 5.11 Å². The zero-order chi connectivity index (χ0) is 18.1. The third-order valence-corrected chi connectivity index (χ3v) is 5.33. The minimum atomic E-state index is -1.06. The third-order valence-electron chi connectivity index (χ3n) is 3.68. The topological polar surface area (TPSA) is 57.6 Å². The van der Waals surface area contributed by atoms with Gasteiger partial charge in [0.1, 0.15) is 0 Å². The number of rotatable bonds is 3. The number of halogens is 1. The summed E-state index contributed by atoms with van der Waals surface area (Å²) >= 11 is 12.7. The summed E-state index contributed by atoms with van der Waals surface area (Å²) in [5, 5.41) is 9.72. The molecule has 0 unspecified atom stereocenters. The van der Waals surface area contributed by atoms with Gasteiger partial charge in [-0.3, -0.25) is 9.69 Å². The fourth-order valence-corrected chi connectivity index (χ4v) is 3.86. The molecule has 1 aliphatic heterocycles.